The zero-order chi connectivity index (χ0) is 22.1. The van der Waals surface area contributed by atoms with Gasteiger partial charge in [0.2, 0.25) is 5.78 Å². The summed E-state index contributed by atoms with van der Waals surface area (Å²) in [6.45, 7) is 0. The van der Waals surface area contributed by atoms with Crippen molar-refractivity contribution in [3.05, 3.63) is 110 Å². The van der Waals surface area contributed by atoms with Gasteiger partial charge < -0.3 is 10.7 Å². The molecular weight excluding hydrogens is 455 g/mol. The van der Waals surface area contributed by atoms with Crippen LogP contribution in [0, 0.1) is 0 Å². The first-order valence-corrected chi connectivity index (χ1v) is 10.4. The van der Waals surface area contributed by atoms with E-state index in [1.54, 1.807) is 66.7 Å². The number of aromatic amines is 1. The van der Waals surface area contributed by atoms with Gasteiger partial charge in [0, 0.05) is 21.7 Å². The zero-order valence-corrected chi connectivity index (χ0v) is 18.2. The molecule has 4 nitrogen and oxygen atoms in total. The molecule has 0 saturated heterocycles. The quantitative estimate of drug-likeness (QED) is 0.320. The maximum absolute atomic E-state index is 13.4. The molecule has 4 aromatic rings. The van der Waals surface area contributed by atoms with E-state index in [0.717, 1.165) is 0 Å². The topological polar surface area (TPSA) is 76.0 Å². The Morgan fingerprint density at radius 1 is 0.742 bits per heavy atom. The van der Waals surface area contributed by atoms with E-state index in [9.17, 15) is 9.59 Å². The minimum atomic E-state index is -0.371. The van der Waals surface area contributed by atoms with E-state index in [4.69, 9.17) is 40.5 Å². The highest BCUT2D eigenvalue weighted by Gasteiger charge is 2.28. The number of rotatable bonds is 5. The van der Waals surface area contributed by atoms with Crippen molar-refractivity contribution in [1.82, 2.24) is 4.98 Å². The average molecular weight is 470 g/mol. The lowest BCUT2D eigenvalue weighted by Gasteiger charge is -2.09. The number of carbonyl (C=O) groups is 2. The molecule has 0 unspecified atom stereocenters. The third-order valence-electron chi connectivity index (χ3n) is 4.81. The van der Waals surface area contributed by atoms with Crippen molar-refractivity contribution in [1.29, 1.82) is 0 Å². The van der Waals surface area contributed by atoms with Crippen LogP contribution in [0.1, 0.15) is 32.0 Å². The lowest BCUT2D eigenvalue weighted by molar-refractivity contribution is 0.103. The molecule has 0 aliphatic carbocycles. The van der Waals surface area contributed by atoms with Crippen LogP contribution in [0.4, 0.5) is 5.82 Å². The summed E-state index contributed by atoms with van der Waals surface area (Å²) in [5.74, 6) is -0.603. The SMILES string of the molecule is Nc1[nH]c(C(=O)c2ccccc2)c(-c2ccc(Cl)c(Cl)c2)c1C(=O)c1cccc(Cl)c1. The van der Waals surface area contributed by atoms with Gasteiger partial charge in [-0.1, -0.05) is 83.3 Å². The minimum absolute atomic E-state index is 0.0744. The van der Waals surface area contributed by atoms with Crippen molar-refractivity contribution in [2.24, 2.45) is 0 Å². The highest BCUT2D eigenvalue weighted by Crippen LogP contribution is 2.37. The van der Waals surface area contributed by atoms with Crippen LogP contribution in [-0.4, -0.2) is 16.6 Å². The lowest BCUT2D eigenvalue weighted by Crippen LogP contribution is -2.07. The third-order valence-corrected chi connectivity index (χ3v) is 5.79. The summed E-state index contributed by atoms with van der Waals surface area (Å²) in [4.78, 5) is 29.6. The second kappa shape index (κ2) is 8.60. The maximum Gasteiger partial charge on any atom is 0.209 e. The fraction of sp³-hybridized carbons (Fsp3) is 0. The van der Waals surface area contributed by atoms with Gasteiger partial charge in [0.1, 0.15) is 5.82 Å². The number of anilines is 1. The second-order valence-corrected chi connectivity index (χ2v) is 8.08. The van der Waals surface area contributed by atoms with Crippen molar-refractivity contribution >= 4 is 52.2 Å². The van der Waals surface area contributed by atoms with Gasteiger partial charge in [-0.3, -0.25) is 9.59 Å². The van der Waals surface area contributed by atoms with Gasteiger partial charge in [-0.15, -0.1) is 0 Å². The average Bonchev–Trinajstić information content (AvgIpc) is 3.12. The maximum atomic E-state index is 13.4. The minimum Gasteiger partial charge on any atom is -0.385 e. The number of benzene rings is 3. The molecule has 0 bridgehead atoms. The molecule has 0 aliphatic rings. The molecule has 0 saturated carbocycles. The Bertz CT molecular complexity index is 1310. The van der Waals surface area contributed by atoms with Crippen LogP contribution in [0.25, 0.3) is 11.1 Å². The van der Waals surface area contributed by atoms with Gasteiger partial charge >= 0.3 is 0 Å². The Labute approximate surface area is 193 Å². The molecule has 0 fully saturated rings. The predicted molar refractivity (Wildman–Crippen MR) is 125 cm³/mol. The summed E-state index contributed by atoms with van der Waals surface area (Å²) in [5, 5.41) is 1.06. The molecular formula is C24H15Cl3N2O2. The van der Waals surface area contributed by atoms with E-state index in [1.807, 2.05) is 6.07 Å². The monoisotopic (exact) mass is 468 g/mol. The van der Waals surface area contributed by atoms with E-state index in [2.05, 4.69) is 4.98 Å². The number of nitrogens with one attached hydrogen (secondary N) is 1. The number of hydrogen-bond acceptors (Lipinski definition) is 3. The number of nitrogen functional groups attached to an aromatic ring is 1. The summed E-state index contributed by atoms with van der Waals surface area (Å²) in [6.07, 6.45) is 0. The van der Waals surface area contributed by atoms with Crippen LogP contribution in [0.5, 0.6) is 0 Å². The first kappa shape index (κ1) is 21.2. The summed E-state index contributed by atoms with van der Waals surface area (Å²) in [6, 6.07) is 20.1. The Hall–Kier alpha value is -3.05. The van der Waals surface area contributed by atoms with Crippen molar-refractivity contribution in [2.45, 2.75) is 0 Å². The van der Waals surface area contributed by atoms with Crippen LogP contribution in [0.15, 0.2) is 72.8 Å². The summed E-state index contributed by atoms with van der Waals surface area (Å²) in [7, 11) is 0. The van der Waals surface area contributed by atoms with Crippen LogP contribution in [-0.2, 0) is 0 Å². The summed E-state index contributed by atoms with van der Waals surface area (Å²) < 4.78 is 0. The van der Waals surface area contributed by atoms with E-state index < -0.39 is 0 Å². The standard InChI is InChI=1S/C24H15Cl3N2O2/c25-16-8-4-7-15(11-16)22(30)20-19(14-9-10-17(26)18(27)12-14)21(29-24(20)28)23(31)13-5-2-1-3-6-13/h1-12,29H,28H2. The molecule has 0 amide bonds. The molecule has 0 spiro atoms. The van der Waals surface area contributed by atoms with Gasteiger partial charge in [-0.2, -0.15) is 0 Å². The molecule has 1 heterocycles. The van der Waals surface area contributed by atoms with Gasteiger partial charge in [0.25, 0.3) is 0 Å². The van der Waals surface area contributed by atoms with E-state index in [1.165, 1.54) is 0 Å². The molecule has 1 aromatic heterocycles. The molecule has 0 atom stereocenters. The summed E-state index contributed by atoms with van der Waals surface area (Å²) >= 11 is 18.4. The Morgan fingerprint density at radius 2 is 1.45 bits per heavy atom. The largest absolute Gasteiger partial charge is 0.385 e. The highest BCUT2D eigenvalue weighted by molar-refractivity contribution is 6.42. The first-order valence-electron chi connectivity index (χ1n) is 9.23. The predicted octanol–water partition coefficient (Wildman–Crippen LogP) is 6.69. The second-order valence-electron chi connectivity index (χ2n) is 6.83. The Balaban J connectivity index is 1.96. The third kappa shape index (κ3) is 4.10. The zero-order valence-electron chi connectivity index (χ0n) is 16.0. The normalized spacial score (nSPS) is 10.8. The first-order chi connectivity index (χ1) is 14.9. The molecule has 31 heavy (non-hydrogen) atoms. The Kier molecular flexibility index (Phi) is 5.88. The number of ketones is 2. The number of aromatic nitrogens is 1. The molecule has 154 valence electrons. The van der Waals surface area contributed by atoms with Crippen LogP contribution < -0.4 is 5.73 Å². The lowest BCUT2D eigenvalue weighted by atomic mass is 9.93. The Morgan fingerprint density at radius 3 is 2.13 bits per heavy atom. The van der Waals surface area contributed by atoms with Crippen LogP contribution in [0.2, 0.25) is 15.1 Å². The van der Waals surface area contributed by atoms with Crippen molar-refractivity contribution in [3.63, 3.8) is 0 Å². The fourth-order valence-corrected chi connectivity index (χ4v) is 3.86. The fourth-order valence-electron chi connectivity index (χ4n) is 3.37. The van der Waals surface area contributed by atoms with Crippen LogP contribution >= 0.6 is 34.8 Å². The number of hydrogen-bond donors (Lipinski definition) is 2. The number of halogens is 3. The molecule has 3 N–H and O–H groups in total. The number of nitrogens with two attached hydrogens (primary N) is 1. The molecule has 0 radical (unpaired) electrons. The van der Waals surface area contributed by atoms with Crippen molar-refractivity contribution in [2.75, 3.05) is 5.73 Å². The molecule has 7 heteroatoms. The van der Waals surface area contributed by atoms with E-state index in [0.29, 0.717) is 37.3 Å². The van der Waals surface area contributed by atoms with Gasteiger partial charge in [0.15, 0.2) is 5.78 Å². The van der Waals surface area contributed by atoms with E-state index in [-0.39, 0.29) is 28.6 Å². The van der Waals surface area contributed by atoms with E-state index >= 15 is 0 Å². The van der Waals surface area contributed by atoms with Gasteiger partial charge in [0.05, 0.1) is 21.3 Å². The van der Waals surface area contributed by atoms with Gasteiger partial charge in [-0.25, -0.2) is 0 Å². The number of H-pyrrole nitrogens is 1. The van der Waals surface area contributed by atoms with Crippen molar-refractivity contribution < 1.29 is 9.59 Å². The summed E-state index contributed by atoms with van der Waals surface area (Å²) in [5.41, 5.74) is 8.26. The highest BCUT2D eigenvalue weighted by atomic mass is 35.5. The molecule has 3 aromatic carbocycles. The smallest absolute Gasteiger partial charge is 0.209 e. The molecule has 0 aliphatic heterocycles. The van der Waals surface area contributed by atoms with Crippen molar-refractivity contribution in [3.8, 4) is 11.1 Å². The molecule has 4 rings (SSSR count). The van der Waals surface area contributed by atoms with Crippen LogP contribution in [0.3, 0.4) is 0 Å². The number of carbonyl (C=O) groups excluding carboxylic acids is 2. The van der Waals surface area contributed by atoms with Gasteiger partial charge in [-0.05, 0) is 29.8 Å².